The zero-order valence-corrected chi connectivity index (χ0v) is 15.1. The highest BCUT2D eigenvalue weighted by atomic mass is 16.5. The van der Waals surface area contributed by atoms with Crippen molar-refractivity contribution >= 4 is 17.1 Å². The maximum absolute atomic E-state index is 5.44. The van der Waals surface area contributed by atoms with E-state index >= 15 is 0 Å². The Bertz CT molecular complexity index is 661. The fraction of sp³-hybridized carbons (Fsp3) is 0.400. The Morgan fingerprint density at radius 1 is 0.917 bits per heavy atom. The zero-order chi connectivity index (χ0) is 17.4. The summed E-state index contributed by atoms with van der Waals surface area (Å²) in [6.07, 6.45) is 2.16. The molecule has 0 amide bonds. The number of hydrogen-bond acceptors (Lipinski definition) is 4. The number of nitrogens with zero attached hydrogens (tertiary/aromatic N) is 3. The summed E-state index contributed by atoms with van der Waals surface area (Å²) in [5.74, 6) is 0.768. The van der Waals surface area contributed by atoms with E-state index in [1.54, 1.807) is 7.11 Å². The number of rotatable bonds is 8. The van der Waals surface area contributed by atoms with E-state index in [4.69, 9.17) is 4.74 Å². The molecular formula is C20H27N3O. The first kappa shape index (κ1) is 18.0. The summed E-state index contributed by atoms with van der Waals surface area (Å²) in [4.78, 5) is 2.30. The molecule has 0 aliphatic heterocycles. The molecule has 0 radical (unpaired) electrons. The third-order valence-electron chi connectivity index (χ3n) is 4.03. The number of aryl methyl sites for hydroxylation is 1. The summed E-state index contributed by atoms with van der Waals surface area (Å²) >= 11 is 0. The maximum atomic E-state index is 5.44. The second-order valence-corrected chi connectivity index (χ2v) is 5.64. The smallest absolute Gasteiger partial charge is 0.146 e. The average Bonchev–Trinajstić information content (AvgIpc) is 2.63. The van der Waals surface area contributed by atoms with Crippen molar-refractivity contribution in [1.29, 1.82) is 0 Å². The van der Waals surface area contributed by atoms with Crippen LogP contribution in [-0.4, -0.2) is 20.2 Å². The van der Waals surface area contributed by atoms with E-state index in [0.29, 0.717) is 0 Å². The van der Waals surface area contributed by atoms with Gasteiger partial charge in [-0.3, -0.25) is 0 Å². The molecule has 0 saturated carbocycles. The molecular weight excluding hydrogens is 298 g/mol. The second kappa shape index (κ2) is 9.06. The molecule has 2 aromatic carbocycles. The van der Waals surface area contributed by atoms with Gasteiger partial charge in [0.25, 0.3) is 0 Å². The molecule has 2 rings (SSSR count). The molecule has 0 bridgehead atoms. The summed E-state index contributed by atoms with van der Waals surface area (Å²) in [5, 5.41) is 8.69. The van der Waals surface area contributed by atoms with Crippen molar-refractivity contribution in [2.75, 3.05) is 25.1 Å². The summed E-state index contributed by atoms with van der Waals surface area (Å²) in [6.45, 7) is 8.48. The van der Waals surface area contributed by atoms with Gasteiger partial charge in [-0.25, -0.2) is 0 Å². The van der Waals surface area contributed by atoms with Gasteiger partial charge >= 0.3 is 0 Å². The van der Waals surface area contributed by atoms with E-state index in [2.05, 4.69) is 54.1 Å². The monoisotopic (exact) mass is 325 g/mol. The van der Waals surface area contributed by atoms with Gasteiger partial charge in [-0.15, -0.1) is 5.11 Å². The number of hydrogen-bond donors (Lipinski definition) is 0. The van der Waals surface area contributed by atoms with Crippen molar-refractivity contribution in [3.05, 3.63) is 48.0 Å². The number of azo groups is 1. The molecule has 4 heteroatoms. The largest absolute Gasteiger partial charge is 0.494 e. The number of ether oxygens (including phenoxy) is 1. The molecule has 0 fully saturated rings. The van der Waals surface area contributed by atoms with E-state index in [-0.39, 0.29) is 0 Å². The number of benzene rings is 2. The quantitative estimate of drug-likeness (QED) is 0.566. The fourth-order valence-electron chi connectivity index (χ4n) is 2.68. The lowest BCUT2D eigenvalue weighted by atomic mass is 10.1. The normalized spacial score (nSPS) is 11.0. The van der Waals surface area contributed by atoms with E-state index < -0.39 is 0 Å². The van der Waals surface area contributed by atoms with Crippen LogP contribution in [0.25, 0.3) is 0 Å². The van der Waals surface area contributed by atoms with Gasteiger partial charge in [-0.1, -0.05) is 19.4 Å². The van der Waals surface area contributed by atoms with Gasteiger partial charge in [0.15, 0.2) is 0 Å². The van der Waals surface area contributed by atoms with Crippen LogP contribution in [0.5, 0.6) is 5.75 Å². The van der Waals surface area contributed by atoms with E-state index in [1.807, 2.05) is 24.3 Å². The molecule has 0 aromatic heterocycles. The molecule has 2 aromatic rings. The van der Waals surface area contributed by atoms with E-state index in [0.717, 1.165) is 43.1 Å². The van der Waals surface area contributed by atoms with Crippen molar-refractivity contribution in [2.45, 2.75) is 33.6 Å². The fourth-order valence-corrected chi connectivity index (χ4v) is 2.68. The predicted octanol–water partition coefficient (Wildman–Crippen LogP) is 5.91. The minimum absolute atomic E-state index is 0.755. The van der Waals surface area contributed by atoms with Crippen LogP contribution in [0.2, 0.25) is 0 Å². The van der Waals surface area contributed by atoms with E-state index in [1.165, 1.54) is 11.3 Å². The molecule has 0 spiro atoms. The zero-order valence-electron chi connectivity index (χ0n) is 15.1. The predicted molar refractivity (Wildman–Crippen MR) is 101 cm³/mol. The first-order valence-corrected chi connectivity index (χ1v) is 8.65. The molecule has 0 aliphatic carbocycles. The summed E-state index contributed by atoms with van der Waals surface area (Å²) in [7, 11) is 1.67. The Morgan fingerprint density at radius 3 is 2.21 bits per heavy atom. The molecule has 4 nitrogen and oxygen atoms in total. The third-order valence-corrected chi connectivity index (χ3v) is 4.03. The highest BCUT2D eigenvalue weighted by Crippen LogP contribution is 2.30. The van der Waals surface area contributed by atoms with Crippen LogP contribution in [0.1, 0.15) is 32.8 Å². The lowest BCUT2D eigenvalue weighted by Crippen LogP contribution is -2.21. The van der Waals surface area contributed by atoms with Gasteiger partial charge < -0.3 is 9.64 Å². The van der Waals surface area contributed by atoms with Gasteiger partial charge in [0.05, 0.1) is 12.8 Å². The Labute approximate surface area is 145 Å². The highest BCUT2D eigenvalue weighted by Gasteiger charge is 2.04. The Balaban J connectivity index is 2.15. The molecule has 24 heavy (non-hydrogen) atoms. The lowest BCUT2D eigenvalue weighted by molar-refractivity contribution is 0.415. The van der Waals surface area contributed by atoms with Crippen molar-refractivity contribution in [3.63, 3.8) is 0 Å². The standard InChI is InChI=1S/C20H27N3O/c1-5-8-16-9-14-19(20(15-16)24-4)22-21-17-10-12-18(13-11-17)23(6-2)7-3/h9-15H,5-8H2,1-4H3. The van der Waals surface area contributed by atoms with E-state index in [9.17, 15) is 0 Å². The first-order chi connectivity index (χ1) is 11.7. The topological polar surface area (TPSA) is 37.2 Å². The van der Waals surface area contributed by atoms with Gasteiger partial charge in [-0.2, -0.15) is 5.11 Å². The third kappa shape index (κ3) is 4.57. The van der Waals surface area contributed by atoms with Crippen molar-refractivity contribution in [3.8, 4) is 5.75 Å². The van der Waals surface area contributed by atoms with Crippen molar-refractivity contribution in [2.24, 2.45) is 10.2 Å². The molecule has 0 unspecified atom stereocenters. The summed E-state index contributed by atoms with van der Waals surface area (Å²) < 4.78 is 5.44. The summed E-state index contributed by atoms with van der Waals surface area (Å²) in [6, 6.07) is 14.3. The number of methoxy groups -OCH3 is 1. The van der Waals surface area contributed by atoms with Gasteiger partial charge in [0.1, 0.15) is 11.4 Å². The highest BCUT2D eigenvalue weighted by molar-refractivity contribution is 5.55. The van der Waals surface area contributed by atoms with Crippen molar-refractivity contribution < 1.29 is 4.74 Å². The van der Waals surface area contributed by atoms with Crippen LogP contribution in [-0.2, 0) is 6.42 Å². The van der Waals surface area contributed by atoms with Crippen LogP contribution in [0.3, 0.4) is 0 Å². The summed E-state index contributed by atoms with van der Waals surface area (Å²) in [5.41, 5.74) is 4.06. The second-order valence-electron chi connectivity index (χ2n) is 5.64. The molecule has 0 atom stereocenters. The molecule has 128 valence electrons. The van der Waals surface area contributed by atoms with Gasteiger partial charge in [0, 0.05) is 18.8 Å². The van der Waals surface area contributed by atoms with Crippen LogP contribution < -0.4 is 9.64 Å². The minimum Gasteiger partial charge on any atom is -0.494 e. The van der Waals surface area contributed by atoms with Gasteiger partial charge in [0.2, 0.25) is 0 Å². The number of anilines is 1. The minimum atomic E-state index is 0.755. The lowest BCUT2D eigenvalue weighted by Gasteiger charge is -2.20. The molecule has 0 saturated heterocycles. The molecule has 0 aliphatic rings. The Hall–Kier alpha value is -2.36. The van der Waals surface area contributed by atoms with Crippen LogP contribution >= 0.6 is 0 Å². The SMILES string of the molecule is CCCc1ccc(N=Nc2ccc(N(CC)CC)cc2)c(OC)c1. The molecule has 0 heterocycles. The first-order valence-electron chi connectivity index (χ1n) is 8.65. The average molecular weight is 325 g/mol. The van der Waals surface area contributed by atoms with Crippen LogP contribution in [0, 0.1) is 0 Å². The Morgan fingerprint density at radius 2 is 1.62 bits per heavy atom. The van der Waals surface area contributed by atoms with Gasteiger partial charge in [-0.05, 0) is 62.2 Å². The van der Waals surface area contributed by atoms with Crippen LogP contribution in [0.15, 0.2) is 52.7 Å². The van der Waals surface area contributed by atoms with Crippen LogP contribution in [0.4, 0.5) is 17.1 Å². The molecule has 0 N–H and O–H groups in total. The van der Waals surface area contributed by atoms with Crippen molar-refractivity contribution in [1.82, 2.24) is 0 Å². The maximum Gasteiger partial charge on any atom is 0.146 e. The Kier molecular flexibility index (Phi) is 6.79.